The van der Waals surface area contributed by atoms with E-state index in [1.54, 1.807) is 11.1 Å². The van der Waals surface area contributed by atoms with Crippen molar-refractivity contribution in [2.75, 3.05) is 6.54 Å². The highest BCUT2D eigenvalue weighted by atomic mass is 79.9. The van der Waals surface area contributed by atoms with Crippen LogP contribution in [-0.2, 0) is 24.2 Å². The zero-order valence-corrected chi connectivity index (χ0v) is 17.2. The molecular weight excluding hydrogens is 410 g/mol. The second-order valence-corrected chi connectivity index (χ2v) is 8.72. The fraction of sp³-hybridized carbons (Fsp3) is 0.400. The van der Waals surface area contributed by atoms with Crippen LogP contribution in [0, 0.1) is 0 Å². The maximum Gasteiger partial charge on any atom is 0.410 e. The monoisotopic (exact) mass is 431 g/mol. The van der Waals surface area contributed by atoms with Gasteiger partial charge in [0.25, 0.3) is 0 Å². The van der Waals surface area contributed by atoms with Gasteiger partial charge in [-0.3, -0.25) is 4.68 Å². The quantitative estimate of drug-likeness (QED) is 0.587. The fourth-order valence-electron chi connectivity index (χ4n) is 3.38. The third-order valence-corrected chi connectivity index (χ3v) is 4.98. The SMILES string of the molecule is CC(C)(C)OC(=O)N1CCc2oc3c(Cn4cccn4)cc(Br)cc3c2C1. The molecule has 0 aliphatic carbocycles. The first-order valence-corrected chi connectivity index (χ1v) is 9.77. The van der Waals surface area contributed by atoms with Crippen LogP contribution < -0.4 is 0 Å². The Kier molecular flexibility index (Phi) is 4.50. The summed E-state index contributed by atoms with van der Waals surface area (Å²) >= 11 is 3.61. The fourth-order valence-corrected chi connectivity index (χ4v) is 3.88. The minimum atomic E-state index is -0.504. The lowest BCUT2D eigenvalue weighted by molar-refractivity contribution is 0.0220. The first kappa shape index (κ1) is 18.1. The van der Waals surface area contributed by atoms with Crippen LogP contribution in [0.1, 0.15) is 37.7 Å². The van der Waals surface area contributed by atoms with Crippen LogP contribution in [-0.4, -0.2) is 32.9 Å². The molecule has 0 saturated heterocycles. The number of hydrogen-bond donors (Lipinski definition) is 0. The smallest absolute Gasteiger partial charge is 0.410 e. The maximum absolute atomic E-state index is 12.5. The highest BCUT2D eigenvalue weighted by Crippen LogP contribution is 2.35. The number of hydrogen-bond acceptors (Lipinski definition) is 4. The van der Waals surface area contributed by atoms with E-state index in [9.17, 15) is 4.79 Å². The van der Waals surface area contributed by atoms with E-state index < -0.39 is 5.60 Å². The molecule has 0 radical (unpaired) electrons. The lowest BCUT2D eigenvalue weighted by Crippen LogP contribution is -2.39. The summed E-state index contributed by atoms with van der Waals surface area (Å²) in [7, 11) is 0. The number of aromatic nitrogens is 2. The van der Waals surface area contributed by atoms with Gasteiger partial charge in [-0.05, 0) is 39.0 Å². The molecule has 0 fully saturated rings. The van der Waals surface area contributed by atoms with Crippen molar-refractivity contribution in [3.63, 3.8) is 0 Å². The summed E-state index contributed by atoms with van der Waals surface area (Å²) in [6.45, 7) is 7.36. The number of rotatable bonds is 2. The summed E-state index contributed by atoms with van der Waals surface area (Å²) in [5, 5.41) is 5.33. The van der Waals surface area contributed by atoms with Gasteiger partial charge >= 0.3 is 6.09 Å². The van der Waals surface area contributed by atoms with E-state index in [1.807, 2.05) is 37.7 Å². The lowest BCUT2D eigenvalue weighted by Gasteiger charge is -2.29. The molecule has 7 heteroatoms. The molecule has 4 rings (SSSR count). The van der Waals surface area contributed by atoms with Gasteiger partial charge in [-0.1, -0.05) is 15.9 Å². The minimum absolute atomic E-state index is 0.283. The zero-order valence-electron chi connectivity index (χ0n) is 15.7. The van der Waals surface area contributed by atoms with Crippen molar-refractivity contribution in [3.8, 4) is 0 Å². The van der Waals surface area contributed by atoms with Crippen molar-refractivity contribution < 1.29 is 13.9 Å². The maximum atomic E-state index is 12.5. The molecule has 0 N–H and O–H groups in total. The Bertz CT molecular complexity index is 986. The molecule has 3 heterocycles. The highest BCUT2D eigenvalue weighted by Gasteiger charge is 2.29. The van der Waals surface area contributed by atoms with Gasteiger partial charge in [0.05, 0.1) is 13.1 Å². The minimum Gasteiger partial charge on any atom is -0.460 e. The van der Waals surface area contributed by atoms with Gasteiger partial charge in [0.15, 0.2) is 0 Å². The molecule has 1 aliphatic rings. The predicted octanol–water partition coefficient (Wildman–Crippen LogP) is 4.73. The summed E-state index contributed by atoms with van der Waals surface area (Å²) in [6.07, 6.45) is 4.09. The van der Waals surface area contributed by atoms with Crippen LogP contribution in [0.3, 0.4) is 0 Å². The number of ether oxygens (including phenoxy) is 1. The van der Waals surface area contributed by atoms with Crippen molar-refractivity contribution in [1.29, 1.82) is 0 Å². The van der Waals surface area contributed by atoms with Gasteiger partial charge in [0.1, 0.15) is 16.9 Å². The molecule has 6 nitrogen and oxygen atoms in total. The second kappa shape index (κ2) is 6.71. The number of carbonyl (C=O) groups is 1. The van der Waals surface area contributed by atoms with Crippen LogP contribution in [0.4, 0.5) is 4.79 Å². The number of halogens is 1. The molecule has 0 saturated carbocycles. The number of amides is 1. The Balaban J connectivity index is 1.68. The molecule has 0 bridgehead atoms. The van der Waals surface area contributed by atoms with Crippen molar-refractivity contribution in [1.82, 2.24) is 14.7 Å². The van der Waals surface area contributed by atoms with E-state index in [-0.39, 0.29) is 6.09 Å². The molecule has 1 aliphatic heterocycles. The standard InChI is InChI=1S/C20H22BrN3O3/c1-20(2,3)27-19(25)23-8-5-17-16(12-23)15-10-14(21)9-13(18(15)26-17)11-24-7-4-6-22-24/h4,6-7,9-10H,5,8,11-12H2,1-3H3. The normalized spacial score (nSPS) is 14.4. The van der Waals surface area contributed by atoms with Crippen LogP contribution in [0.2, 0.25) is 0 Å². The van der Waals surface area contributed by atoms with E-state index in [2.05, 4.69) is 33.2 Å². The third-order valence-electron chi connectivity index (χ3n) is 4.52. The number of carbonyl (C=O) groups excluding carboxylic acids is 1. The van der Waals surface area contributed by atoms with Crippen LogP contribution in [0.5, 0.6) is 0 Å². The molecule has 142 valence electrons. The summed E-state index contributed by atoms with van der Waals surface area (Å²) in [4.78, 5) is 14.2. The molecule has 1 aromatic carbocycles. The van der Waals surface area contributed by atoms with Crippen molar-refractivity contribution in [2.24, 2.45) is 0 Å². The average molecular weight is 432 g/mol. The van der Waals surface area contributed by atoms with E-state index in [1.165, 1.54) is 0 Å². The Morgan fingerprint density at radius 3 is 2.89 bits per heavy atom. The van der Waals surface area contributed by atoms with Crippen molar-refractivity contribution in [2.45, 2.75) is 45.9 Å². The van der Waals surface area contributed by atoms with E-state index in [0.717, 1.165) is 32.3 Å². The third kappa shape index (κ3) is 3.74. The second-order valence-electron chi connectivity index (χ2n) is 7.80. The van der Waals surface area contributed by atoms with Gasteiger partial charge < -0.3 is 14.1 Å². The number of nitrogens with zero attached hydrogens (tertiary/aromatic N) is 3. The number of fused-ring (bicyclic) bond motifs is 3. The Labute approximate surface area is 166 Å². The first-order valence-electron chi connectivity index (χ1n) is 8.98. The molecular formula is C20H22BrN3O3. The van der Waals surface area contributed by atoms with Gasteiger partial charge in [0.2, 0.25) is 0 Å². The molecule has 1 amide bonds. The van der Waals surface area contributed by atoms with Gasteiger partial charge in [-0.15, -0.1) is 0 Å². The van der Waals surface area contributed by atoms with Gasteiger partial charge in [-0.2, -0.15) is 5.10 Å². The molecule has 2 aromatic heterocycles. The van der Waals surface area contributed by atoms with E-state index in [0.29, 0.717) is 26.1 Å². The number of benzene rings is 1. The molecule has 0 spiro atoms. The van der Waals surface area contributed by atoms with Gasteiger partial charge in [-0.25, -0.2) is 4.79 Å². The lowest BCUT2D eigenvalue weighted by atomic mass is 10.0. The molecule has 27 heavy (non-hydrogen) atoms. The molecule has 0 atom stereocenters. The summed E-state index contributed by atoms with van der Waals surface area (Å²) < 4.78 is 14.6. The van der Waals surface area contributed by atoms with Crippen LogP contribution in [0.15, 0.2) is 39.5 Å². The van der Waals surface area contributed by atoms with Crippen molar-refractivity contribution >= 4 is 33.0 Å². The van der Waals surface area contributed by atoms with Crippen molar-refractivity contribution in [3.05, 3.63) is 52.0 Å². The summed E-state index contributed by atoms with van der Waals surface area (Å²) in [5.74, 6) is 0.949. The van der Waals surface area contributed by atoms with Crippen LogP contribution >= 0.6 is 15.9 Å². The first-order chi connectivity index (χ1) is 12.8. The highest BCUT2D eigenvalue weighted by molar-refractivity contribution is 9.10. The van der Waals surface area contributed by atoms with Crippen LogP contribution in [0.25, 0.3) is 11.0 Å². The zero-order chi connectivity index (χ0) is 19.2. The molecule has 0 unspecified atom stereocenters. The molecule has 3 aromatic rings. The number of furan rings is 1. The summed E-state index contributed by atoms with van der Waals surface area (Å²) in [5.41, 5.74) is 2.48. The topological polar surface area (TPSA) is 60.5 Å². The van der Waals surface area contributed by atoms with E-state index in [4.69, 9.17) is 9.15 Å². The Morgan fingerprint density at radius 2 is 2.19 bits per heavy atom. The Morgan fingerprint density at radius 1 is 1.37 bits per heavy atom. The van der Waals surface area contributed by atoms with E-state index >= 15 is 0 Å². The largest absolute Gasteiger partial charge is 0.460 e. The Hall–Kier alpha value is -2.28. The van der Waals surface area contributed by atoms with Gasteiger partial charge in [0, 0.05) is 46.3 Å². The average Bonchev–Trinajstić information content (AvgIpc) is 3.20. The summed E-state index contributed by atoms with van der Waals surface area (Å²) in [6, 6.07) is 6.02. The predicted molar refractivity (Wildman–Crippen MR) is 106 cm³/mol.